The van der Waals surface area contributed by atoms with Gasteiger partial charge in [0.2, 0.25) is 0 Å². The number of hydrogen-bond acceptors (Lipinski definition) is 12. The zero-order chi connectivity index (χ0) is 33.4. The van der Waals surface area contributed by atoms with Crippen molar-refractivity contribution in [3.63, 3.8) is 0 Å². The predicted octanol–water partition coefficient (Wildman–Crippen LogP) is -0.721. The fourth-order valence-electron chi connectivity index (χ4n) is 5.13. The van der Waals surface area contributed by atoms with Gasteiger partial charge in [0.25, 0.3) is 0 Å². The van der Waals surface area contributed by atoms with Crippen LogP contribution in [-0.2, 0) is 30.4 Å². The van der Waals surface area contributed by atoms with Gasteiger partial charge in [0.1, 0.15) is 0 Å². The quantitative estimate of drug-likeness (QED) is 0.131. The molecule has 0 spiro atoms. The second kappa shape index (κ2) is 19.5. The number of isothiocyanates is 1. The average Bonchev–Trinajstić information content (AvgIpc) is 2.94. The first-order valence-corrected chi connectivity index (χ1v) is 14.6. The van der Waals surface area contributed by atoms with Gasteiger partial charge in [-0.2, -0.15) is 4.99 Å². The summed E-state index contributed by atoms with van der Waals surface area (Å²) in [5.41, 5.74) is 1.39. The smallest absolute Gasteiger partial charge is 0.317 e. The molecule has 2 rings (SSSR count). The summed E-state index contributed by atoms with van der Waals surface area (Å²) in [4.78, 5) is 70.7. The number of rotatable bonds is 13. The van der Waals surface area contributed by atoms with Crippen LogP contribution in [0.3, 0.4) is 0 Å². The first-order valence-electron chi connectivity index (χ1n) is 14.2. The number of nitrogens with zero attached hydrogens (tertiary/aromatic N) is 6. The summed E-state index contributed by atoms with van der Waals surface area (Å²) >= 11 is 4.65. The van der Waals surface area contributed by atoms with E-state index in [9.17, 15) is 49.5 Å². The van der Waals surface area contributed by atoms with E-state index in [1.54, 1.807) is 48.8 Å². The molecule has 0 aliphatic carbocycles. The van der Waals surface area contributed by atoms with Crippen molar-refractivity contribution in [1.82, 2.24) is 24.5 Å². The third-order valence-electron chi connectivity index (χ3n) is 7.24. The van der Waals surface area contributed by atoms with Gasteiger partial charge in [-0.15, -0.1) is 0 Å². The van der Waals surface area contributed by atoms with E-state index in [0.717, 1.165) is 5.56 Å². The first-order chi connectivity index (χ1) is 21.3. The lowest BCUT2D eigenvalue weighted by Gasteiger charge is -2.36. The van der Waals surface area contributed by atoms with Gasteiger partial charge in [-0.3, -0.25) is 48.5 Å². The average molecular weight is 653 g/mol. The predicted molar refractivity (Wildman–Crippen MR) is 164 cm³/mol. The van der Waals surface area contributed by atoms with Crippen molar-refractivity contribution in [1.29, 1.82) is 0 Å². The normalized spacial score (nSPS) is 19.1. The largest absolute Gasteiger partial charge is 0.480 e. The van der Waals surface area contributed by atoms with Gasteiger partial charge in [-0.05, 0) is 36.3 Å². The molecule has 1 atom stereocenters. The van der Waals surface area contributed by atoms with Crippen LogP contribution in [0.25, 0.3) is 0 Å². The van der Waals surface area contributed by atoms with Crippen LogP contribution in [0, 0.1) is 0 Å². The lowest BCUT2D eigenvalue weighted by Crippen LogP contribution is -2.52. The molecule has 0 amide bonds. The van der Waals surface area contributed by atoms with Crippen LogP contribution < -0.4 is 0 Å². The molecule has 0 radical (unpaired) electrons. The highest BCUT2D eigenvalue weighted by Gasteiger charge is 2.27. The Morgan fingerprint density at radius 3 is 1.40 bits per heavy atom. The summed E-state index contributed by atoms with van der Waals surface area (Å²) in [5.74, 6) is -5.57. The lowest BCUT2D eigenvalue weighted by molar-refractivity contribution is -0.141. The Morgan fingerprint density at radius 2 is 1.00 bits per heavy atom. The zero-order valence-electron chi connectivity index (χ0n) is 24.9. The molecule has 5 N–H and O–H groups in total. The van der Waals surface area contributed by atoms with Crippen molar-refractivity contribution < 1.29 is 49.5 Å². The van der Waals surface area contributed by atoms with Gasteiger partial charge < -0.3 is 25.5 Å². The third kappa shape index (κ3) is 15.6. The summed E-state index contributed by atoms with van der Waals surface area (Å²) in [6, 6.07) is 6.50. The Kier molecular flexibility index (Phi) is 16.2. The second-order valence-electron chi connectivity index (χ2n) is 10.7. The number of thiocarbonyl (C=S) groups is 1. The summed E-state index contributed by atoms with van der Waals surface area (Å²) < 4.78 is 0. The van der Waals surface area contributed by atoms with Crippen LogP contribution in [-0.4, -0.2) is 183 Å². The van der Waals surface area contributed by atoms with Gasteiger partial charge in [0.05, 0.1) is 43.6 Å². The number of aliphatic imine (C=N–C) groups is 1. The van der Waals surface area contributed by atoms with E-state index in [-0.39, 0.29) is 78.5 Å². The number of carboxylic acids is 5. The van der Waals surface area contributed by atoms with Crippen molar-refractivity contribution in [2.75, 3.05) is 91.6 Å². The standard InChI is InChI=1S/C28H40N6O10S/c35-24(36)15-30-5-6-31(16-25(37)38)9-10-33(18-27(41)42)14-23(13-21-1-3-22(4-2-21)29-20-45)34(19-28(43)44)12-11-32(8-7-30)17-26(39)40/h1-4,23H,5-19H2,(H,35,36)(H,37,38)(H,39,40)(H,41,42)(H,43,44). The van der Waals surface area contributed by atoms with Crippen LogP contribution in [0.15, 0.2) is 29.3 Å². The highest BCUT2D eigenvalue weighted by atomic mass is 32.1. The van der Waals surface area contributed by atoms with E-state index in [1.807, 2.05) is 0 Å². The molecule has 45 heavy (non-hydrogen) atoms. The van der Waals surface area contributed by atoms with Crippen LogP contribution in [0.2, 0.25) is 0 Å². The molecular formula is C28H40N6O10S. The Hall–Kier alpha value is -3.83. The van der Waals surface area contributed by atoms with E-state index in [1.165, 1.54) is 0 Å². The zero-order valence-corrected chi connectivity index (χ0v) is 25.7. The molecule has 248 valence electrons. The molecule has 1 unspecified atom stereocenters. The molecule has 1 aromatic rings. The highest BCUT2D eigenvalue weighted by molar-refractivity contribution is 7.78. The summed E-state index contributed by atoms with van der Waals surface area (Å²) in [6.45, 7) is -0.520. The molecule has 17 heteroatoms. The Bertz CT molecular complexity index is 1210. The third-order valence-corrected chi connectivity index (χ3v) is 7.33. The maximum Gasteiger partial charge on any atom is 0.317 e. The van der Waals surface area contributed by atoms with Crippen molar-refractivity contribution in [3.05, 3.63) is 29.8 Å². The van der Waals surface area contributed by atoms with Gasteiger partial charge >= 0.3 is 29.8 Å². The van der Waals surface area contributed by atoms with Crippen molar-refractivity contribution in [3.8, 4) is 0 Å². The van der Waals surface area contributed by atoms with Crippen LogP contribution in [0.5, 0.6) is 0 Å². The number of benzene rings is 1. The minimum Gasteiger partial charge on any atom is -0.480 e. The van der Waals surface area contributed by atoms with Crippen molar-refractivity contribution in [2.45, 2.75) is 12.5 Å². The Morgan fingerprint density at radius 1 is 0.622 bits per heavy atom. The van der Waals surface area contributed by atoms with Crippen molar-refractivity contribution >= 4 is 52.9 Å². The minimum atomic E-state index is -1.13. The summed E-state index contributed by atoms with van der Waals surface area (Å²) in [5, 5.41) is 50.2. The minimum absolute atomic E-state index is 0.115. The Labute approximate surface area is 265 Å². The van der Waals surface area contributed by atoms with Gasteiger partial charge in [0.15, 0.2) is 0 Å². The molecule has 1 saturated heterocycles. The van der Waals surface area contributed by atoms with E-state index in [4.69, 9.17) is 0 Å². The number of hydrogen-bond donors (Lipinski definition) is 5. The fraction of sp³-hybridized carbons (Fsp3) is 0.571. The van der Waals surface area contributed by atoms with Gasteiger partial charge in [-0.1, -0.05) is 12.1 Å². The van der Waals surface area contributed by atoms with Gasteiger partial charge in [0, 0.05) is 64.9 Å². The van der Waals surface area contributed by atoms with E-state index >= 15 is 0 Å². The second-order valence-corrected chi connectivity index (χ2v) is 10.9. The number of carboxylic acid groups (broad SMARTS) is 5. The highest BCUT2D eigenvalue weighted by Crippen LogP contribution is 2.17. The van der Waals surface area contributed by atoms with E-state index < -0.39 is 49.0 Å². The summed E-state index contributed by atoms with van der Waals surface area (Å²) in [6.07, 6.45) is 0.315. The molecule has 16 nitrogen and oxygen atoms in total. The molecule has 1 fully saturated rings. The van der Waals surface area contributed by atoms with Crippen LogP contribution in [0.4, 0.5) is 5.69 Å². The van der Waals surface area contributed by atoms with E-state index in [2.05, 4.69) is 22.4 Å². The van der Waals surface area contributed by atoms with Crippen LogP contribution in [0.1, 0.15) is 5.56 Å². The SMILES string of the molecule is O=C(O)CN1CCN(CC(=O)O)CCN(CC(=O)O)CC(Cc2ccc(N=C=S)cc2)N(CC(=O)O)CCN(CC(=O)O)CC1. The molecule has 1 aliphatic heterocycles. The number of aliphatic carboxylic acids is 5. The monoisotopic (exact) mass is 652 g/mol. The topological polar surface area (TPSA) is 215 Å². The molecule has 1 aromatic carbocycles. The summed E-state index contributed by atoms with van der Waals surface area (Å²) in [7, 11) is 0. The molecule has 0 saturated carbocycles. The molecular weight excluding hydrogens is 612 g/mol. The molecule has 0 bridgehead atoms. The number of carbonyl (C=O) groups is 5. The maximum absolute atomic E-state index is 12.0. The lowest BCUT2D eigenvalue weighted by atomic mass is 10.0. The van der Waals surface area contributed by atoms with E-state index in [0.29, 0.717) is 12.1 Å². The van der Waals surface area contributed by atoms with Gasteiger partial charge in [-0.25, -0.2) is 0 Å². The maximum atomic E-state index is 12.0. The molecule has 1 aliphatic rings. The van der Waals surface area contributed by atoms with Crippen molar-refractivity contribution in [2.24, 2.45) is 4.99 Å². The molecule has 0 aromatic heterocycles. The van der Waals surface area contributed by atoms with Crippen LogP contribution >= 0.6 is 12.2 Å². The first kappa shape index (κ1) is 37.4. The fourth-order valence-corrected chi connectivity index (χ4v) is 5.24. The molecule has 1 heterocycles. The Balaban J connectivity index is 2.52.